The van der Waals surface area contributed by atoms with E-state index in [4.69, 9.17) is 9.47 Å². The molecule has 0 bridgehead atoms. The highest BCUT2D eigenvalue weighted by Crippen LogP contribution is 2.24. The van der Waals surface area contributed by atoms with E-state index < -0.39 is 5.79 Å². The Morgan fingerprint density at radius 3 is 2.69 bits per heavy atom. The van der Waals surface area contributed by atoms with Crippen molar-refractivity contribution in [2.45, 2.75) is 51.9 Å². The van der Waals surface area contributed by atoms with E-state index >= 15 is 0 Å². The summed E-state index contributed by atoms with van der Waals surface area (Å²) < 4.78 is 10.9. The van der Waals surface area contributed by atoms with Crippen molar-refractivity contribution in [2.75, 3.05) is 6.61 Å². The van der Waals surface area contributed by atoms with Crippen molar-refractivity contribution in [3.8, 4) is 0 Å². The fraction of sp³-hybridized carbons (Fsp3) is 0.900. The molecule has 1 unspecified atom stereocenters. The highest BCUT2D eigenvalue weighted by atomic mass is 16.7. The van der Waals surface area contributed by atoms with E-state index in [0.29, 0.717) is 19.4 Å². The molecule has 1 atom stereocenters. The van der Waals surface area contributed by atoms with E-state index in [2.05, 4.69) is 0 Å². The van der Waals surface area contributed by atoms with Crippen LogP contribution in [0.1, 0.15) is 40.0 Å². The molecule has 0 aromatic carbocycles. The van der Waals surface area contributed by atoms with Crippen LogP contribution < -0.4 is 0 Å². The topological polar surface area (TPSA) is 35.5 Å². The molecule has 0 aliphatic carbocycles. The van der Waals surface area contributed by atoms with Gasteiger partial charge in [0.2, 0.25) is 0 Å². The molecule has 1 aliphatic rings. The summed E-state index contributed by atoms with van der Waals surface area (Å²) in [4.78, 5) is 11.3. The minimum atomic E-state index is -0.503. The summed E-state index contributed by atoms with van der Waals surface area (Å²) in [5.41, 5.74) is 0. The second-order valence-corrected chi connectivity index (χ2v) is 3.94. The predicted molar refractivity (Wildman–Crippen MR) is 49.4 cm³/mol. The standard InChI is InChI=1S/C10H18O3/c1-4-5-8(11)6-9-7-12-10(2,3)13-9/h9H,4-7H2,1-3H3. The molecule has 0 aromatic heterocycles. The molecule has 0 spiro atoms. The van der Waals surface area contributed by atoms with Gasteiger partial charge in [0, 0.05) is 12.8 Å². The Labute approximate surface area is 79.4 Å². The lowest BCUT2D eigenvalue weighted by Gasteiger charge is -2.16. The van der Waals surface area contributed by atoms with Crippen molar-refractivity contribution in [1.29, 1.82) is 0 Å². The molecule has 3 heteroatoms. The number of rotatable bonds is 4. The average molecular weight is 186 g/mol. The molecule has 1 saturated heterocycles. The normalized spacial score (nSPS) is 26.2. The minimum Gasteiger partial charge on any atom is -0.348 e. The van der Waals surface area contributed by atoms with Gasteiger partial charge in [-0.05, 0) is 20.3 Å². The first-order chi connectivity index (χ1) is 6.03. The van der Waals surface area contributed by atoms with Gasteiger partial charge in [-0.3, -0.25) is 4.79 Å². The molecule has 0 N–H and O–H groups in total. The number of ether oxygens (including phenoxy) is 2. The third kappa shape index (κ3) is 3.44. The summed E-state index contributed by atoms with van der Waals surface area (Å²) in [6.07, 6.45) is 2.03. The Hall–Kier alpha value is -0.410. The smallest absolute Gasteiger partial charge is 0.163 e. The number of hydrogen-bond donors (Lipinski definition) is 0. The maximum absolute atomic E-state index is 11.3. The fourth-order valence-corrected chi connectivity index (χ4v) is 1.50. The van der Waals surface area contributed by atoms with Gasteiger partial charge in [0.05, 0.1) is 12.7 Å². The third-order valence-corrected chi connectivity index (χ3v) is 2.05. The maximum atomic E-state index is 11.3. The lowest BCUT2D eigenvalue weighted by molar-refractivity contribution is -0.142. The molecule has 1 fully saturated rings. The molecular weight excluding hydrogens is 168 g/mol. The van der Waals surface area contributed by atoms with Gasteiger partial charge >= 0.3 is 0 Å². The molecule has 0 saturated carbocycles. The van der Waals surface area contributed by atoms with Gasteiger partial charge < -0.3 is 9.47 Å². The van der Waals surface area contributed by atoms with Crippen LogP contribution in [-0.4, -0.2) is 24.3 Å². The van der Waals surface area contributed by atoms with E-state index in [-0.39, 0.29) is 11.9 Å². The van der Waals surface area contributed by atoms with E-state index in [1.165, 1.54) is 0 Å². The second kappa shape index (κ2) is 4.20. The molecule has 0 amide bonds. The fourth-order valence-electron chi connectivity index (χ4n) is 1.50. The Morgan fingerprint density at radius 1 is 1.54 bits per heavy atom. The third-order valence-electron chi connectivity index (χ3n) is 2.05. The first-order valence-corrected chi connectivity index (χ1v) is 4.87. The zero-order valence-corrected chi connectivity index (χ0v) is 8.63. The van der Waals surface area contributed by atoms with Crippen LogP contribution in [0.4, 0.5) is 0 Å². The highest BCUT2D eigenvalue weighted by molar-refractivity contribution is 5.78. The van der Waals surface area contributed by atoms with Crippen molar-refractivity contribution >= 4 is 5.78 Å². The highest BCUT2D eigenvalue weighted by Gasteiger charge is 2.33. The molecule has 1 aliphatic heterocycles. The van der Waals surface area contributed by atoms with Crippen LogP contribution in [0, 0.1) is 0 Å². The largest absolute Gasteiger partial charge is 0.348 e. The molecular formula is C10H18O3. The summed E-state index contributed by atoms with van der Waals surface area (Å²) in [7, 11) is 0. The number of Topliss-reactive ketones (excluding diaryl/α,β-unsaturated/α-hetero) is 1. The average Bonchev–Trinajstić information content (AvgIpc) is 2.30. The number of carbonyl (C=O) groups excluding carboxylic acids is 1. The van der Waals surface area contributed by atoms with Crippen molar-refractivity contribution in [3.05, 3.63) is 0 Å². The van der Waals surface area contributed by atoms with Crippen molar-refractivity contribution in [3.63, 3.8) is 0 Å². The van der Waals surface area contributed by atoms with Crippen molar-refractivity contribution in [2.24, 2.45) is 0 Å². The molecule has 0 radical (unpaired) electrons. The lowest BCUT2D eigenvalue weighted by Crippen LogP contribution is -2.22. The molecule has 1 heterocycles. The zero-order valence-electron chi connectivity index (χ0n) is 8.63. The van der Waals surface area contributed by atoms with Gasteiger partial charge in [-0.25, -0.2) is 0 Å². The van der Waals surface area contributed by atoms with Crippen molar-refractivity contribution in [1.82, 2.24) is 0 Å². The maximum Gasteiger partial charge on any atom is 0.163 e. The van der Waals surface area contributed by atoms with Crippen LogP contribution in [0.2, 0.25) is 0 Å². The number of ketones is 1. The van der Waals surface area contributed by atoms with Crippen LogP contribution >= 0.6 is 0 Å². The summed E-state index contributed by atoms with van der Waals surface area (Å²) in [5.74, 6) is -0.231. The van der Waals surface area contributed by atoms with E-state index in [1.54, 1.807) is 0 Å². The quantitative estimate of drug-likeness (QED) is 0.672. The first kappa shape index (κ1) is 10.7. The Bertz CT molecular complexity index is 187. The summed E-state index contributed by atoms with van der Waals surface area (Å²) >= 11 is 0. The van der Waals surface area contributed by atoms with Gasteiger partial charge in [0.15, 0.2) is 5.79 Å². The van der Waals surface area contributed by atoms with Crippen molar-refractivity contribution < 1.29 is 14.3 Å². The predicted octanol–water partition coefficient (Wildman–Crippen LogP) is 1.90. The van der Waals surface area contributed by atoms with Crippen LogP contribution in [0.15, 0.2) is 0 Å². The summed E-state index contributed by atoms with van der Waals surface area (Å²) in [6, 6.07) is 0. The minimum absolute atomic E-state index is 0.0333. The van der Waals surface area contributed by atoms with Crippen LogP contribution in [-0.2, 0) is 14.3 Å². The molecule has 76 valence electrons. The van der Waals surface area contributed by atoms with E-state index in [0.717, 1.165) is 6.42 Å². The Morgan fingerprint density at radius 2 is 2.23 bits per heavy atom. The molecule has 3 nitrogen and oxygen atoms in total. The zero-order chi connectivity index (χ0) is 9.90. The van der Waals surface area contributed by atoms with E-state index in [1.807, 2.05) is 20.8 Å². The second-order valence-electron chi connectivity index (χ2n) is 3.94. The van der Waals surface area contributed by atoms with Gasteiger partial charge in [-0.1, -0.05) is 6.92 Å². The number of carbonyl (C=O) groups is 1. The van der Waals surface area contributed by atoms with Gasteiger partial charge in [0.25, 0.3) is 0 Å². The molecule has 0 aromatic rings. The van der Waals surface area contributed by atoms with Gasteiger partial charge in [-0.15, -0.1) is 0 Å². The van der Waals surface area contributed by atoms with Crippen LogP contribution in [0.5, 0.6) is 0 Å². The monoisotopic (exact) mass is 186 g/mol. The van der Waals surface area contributed by atoms with Gasteiger partial charge in [0.1, 0.15) is 5.78 Å². The molecule has 1 rings (SSSR count). The lowest BCUT2D eigenvalue weighted by atomic mass is 10.1. The summed E-state index contributed by atoms with van der Waals surface area (Å²) in [6.45, 7) is 6.30. The number of hydrogen-bond acceptors (Lipinski definition) is 3. The van der Waals surface area contributed by atoms with Gasteiger partial charge in [-0.2, -0.15) is 0 Å². The van der Waals surface area contributed by atoms with Crippen LogP contribution in [0.25, 0.3) is 0 Å². The Kier molecular flexibility index (Phi) is 3.45. The van der Waals surface area contributed by atoms with E-state index in [9.17, 15) is 4.79 Å². The SMILES string of the molecule is CCCC(=O)CC1COC(C)(C)O1. The first-order valence-electron chi connectivity index (χ1n) is 4.87. The van der Waals surface area contributed by atoms with Crippen LogP contribution in [0.3, 0.4) is 0 Å². The molecule has 13 heavy (non-hydrogen) atoms. The Balaban J connectivity index is 2.28. The summed E-state index contributed by atoms with van der Waals surface area (Å²) in [5, 5.41) is 0.